The third-order valence-electron chi connectivity index (χ3n) is 4.44. The van der Waals surface area contributed by atoms with Crippen LogP contribution in [0, 0.1) is 5.82 Å². The van der Waals surface area contributed by atoms with Gasteiger partial charge in [-0.15, -0.1) is 0 Å². The minimum absolute atomic E-state index is 0.0353. The van der Waals surface area contributed by atoms with Gasteiger partial charge in [0.05, 0.1) is 0 Å². The lowest BCUT2D eigenvalue weighted by molar-refractivity contribution is 0.373. The molecule has 0 fully saturated rings. The van der Waals surface area contributed by atoms with Crippen LogP contribution in [0.25, 0.3) is 0 Å². The van der Waals surface area contributed by atoms with E-state index in [0.29, 0.717) is 0 Å². The molecule has 0 saturated carbocycles. The predicted octanol–water partition coefficient (Wildman–Crippen LogP) is 5.26. The maximum atomic E-state index is 13.4. The van der Waals surface area contributed by atoms with E-state index in [1.807, 2.05) is 18.5 Å². The zero-order valence-electron chi connectivity index (χ0n) is 13.4. The summed E-state index contributed by atoms with van der Waals surface area (Å²) in [5.41, 5.74) is 2.42. The van der Waals surface area contributed by atoms with Crippen LogP contribution in [0.2, 0.25) is 0 Å². The molecular formula is C19H24FN. The molecule has 0 N–H and O–H groups in total. The number of benzene rings is 1. The van der Waals surface area contributed by atoms with Crippen molar-refractivity contribution in [3.8, 4) is 0 Å². The highest BCUT2D eigenvalue weighted by Crippen LogP contribution is 2.35. The zero-order chi connectivity index (χ0) is 15.5. The molecule has 0 bridgehead atoms. The normalized spacial score (nSPS) is 12.4. The van der Waals surface area contributed by atoms with E-state index in [0.717, 1.165) is 18.4 Å². The number of hydrogen-bond acceptors (Lipinski definition) is 1. The second-order valence-electron chi connectivity index (χ2n) is 7.01. The summed E-state index contributed by atoms with van der Waals surface area (Å²) in [5.74, 6) is -0.158. The zero-order valence-corrected chi connectivity index (χ0v) is 13.4. The van der Waals surface area contributed by atoms with Crippen LogP contribution in [0.5, 0.6) is 0 Å². The summed E-state index contributed by atoms with van der Waals surface area (Å²) >= 11 is 0. The highest BCUT2D eigenvalue weighted by molar-refractivity contribution is 5.25. The first-order chi connectivity index (χ1) is 9.81. The number of nitrogens with zero attached hydrogens (tertiary/aromatic N) is 1. The highest BCUT2D eigenvalue weighted by Gasteiger charge is 2.27. The highest BCUT2D eigenvalue weighted by atomic mass is 19.1. The fraction of sp³-hybridized carbons (Fsp3) is 0.421. The third-order valence-corrected chi connectivity index (χ3v) is 4.44. The first kappa shape index (κ1) is 15.7. The summed E-state index contributed by atoms with van der Waals surface area (Å²) in [4.78, 5) is 4.08. The van der Waals surface area contributed by atoms with Crippen LogP contribution in [-0.2, 0) is 10.8 Å². The van der Waals surface area contributed by atoms with Crippen molar-refractivity contribution in [3.05, 3.63) is 65.7 Å². The van der Waals surface area contributed by atoms with Gasteiger partial charge in [-0.05, 0) is 59.1 Å². The molecule has 0 atom stereocenters. The van der Waals surface area contributed by atoms with Crippen molar-refractivity contribution >= 4 is 0 Å². The summed E-state index contributed by atoms with van der Waals surface area (Å²) in [6.07, 6.45) is 5.73. The van der Waals surface area contributed by atoms with Gasteiger partial charge in [0.1, 0.15) is 5.82 Å². The lowest BCUT2D eigenvalue weighted by Crippen LogP contribution is -2.24. The lowest BCUT2D eigenvalue weighted by atomic mass is 9.73. The molecule has 0 unspecified atom stereocenters. The van der Waals surface area contributed by atoms with Gasteiger partial charge < -0.3 is 0 Å². The topological polar surface area (TPSA) is 12.9 Å². The van der Waals surface area contributed by atoms with Crippen LogP contribution >= 0.6 is 0 Å². The Kier molecular flexibility index (Phi) is 4.46. The van der Waals surface area contributed by atoms with E-state index in [4.69, 9.17) is 0 Å². The van der Waals surface area contributed by atoms with E-state index >= 15 is 0 Å². The maximum absolute atomic E-state index is 13.4. The van der Waals surface area contributed by atoms with Crippen LogP contribution in [0.3, 0.4) is 0 Å². The molecule has 1 heterocycles. The van der Waals surface area contributed by atoms with Crippen LogP contribution in [0.4, 0.5) is 4.39 Å². The fourth-order valence-corrected chi connectivity index (χ4v) is 2.63. The predicted molar refractivity (Wildman–Crippen MR) is 85.9 cm³/mol. The quantitative estimate of drug-likeness (QED) is 0.730. The minimum atomic E-state index is -0.158. The molecular weight excluding hydrogens is 261 g/mol. The summed E-state index contributed by atoms with van der Waals surface area (Å²) < 4.78 is 13.4. The monoisotopic (exact) mass is 285 g/mol. The molecule has 1 nitrogen and oxygen atoms in total. The molecule has 2 rings (SSSR count). The molecule has 112 valence electrons. The van der Waals surface area contributed by atoms with Crippen LogP contribution in [0.15, 0.2) is 48.8 Å². The second-order valence-corrected chi connectivity index (χ2v) is 7.01. The second kappa shape index (κ2) is 5.97. The van der Waals surface area contributed by atoms with Gasteiger partial charge in [0.2, 0.25) is 0 Å². The summed E-state index contributed by atoms with van der Waals surface area (Å²) in [5, 5.41) is 0. The molecule has 0 radical (unpaired) electrons. The van der Waals surface area contributed by atoms with Gasteiger partial charge in [-0.25, -0.2) is 4.39 Å². The molecule has 0 aliphatic heterocycles. The van der Waals surface area contributed by atoms with Gasteiger partial charge in [0.15, 0.2) is 0 Å². The van der Waals surface area contributed by atoms with Crippen LogP contribution < -0.4 is 0 Å². The molecule has 0 spiro atoms. The van der Waals surface area contributed by atoms with E-state index < -0.39 is 0 Å². The summed E-state index contributed by atoms with van der Waals surface area (Å²) in [6, 6.07) is 11.1. The Morgan fingerprint density at radius 1 is 0.857 bits per heavy atom. The van der Waals surface area contributed by atoms with Gasteiger partial charge in [-0.2, -0.15) is 0 Å². The number of pyridine rings is 1. The molecule has 2 aromatic rings. The van der Waals surface area contributed by atoms with E-state index in [9.17, 15) is 4.39 Å². The largest absolute Gasteiger partial charge is 0.265 e. The SMILES string of the molecule is CC(C)(CCC(C)(C)c1cccc(F)c1)c1ccncc1. The molecule has 1 aromatic carbocycles. The van der Waals surface area contributed by atoms with Gasteiger partial charge in [-0.1, -0.05) is 39.8 Å². The number of hydrogen-bond donors (Lipinski definition) is 0. The third kappa shape index (κ3) is 3.90. The molecule has 0 aliphatic rings. The van der Waals surface area contributed by atoms with E-state index in [1.54, 1.807) is 12.1 Å². The van der Waals surface area contributed by atoms with Gasteiger partial charge in [-0.3, -0.25) is 4.98 Å². The van der Waals surface area contributed by atoms with Crippen molar-refractivity contribution < 1.29 is 4.39 Å². The standard InChI is InChI=1S/C19H24FN/c1-18(2,15-8-12-21-13-9-15)10-11-19(3,4)16-6-5-7-17(20)14-16/h5-9,12-14H,10-11H2,1-4H3. The average molecular weight is 285 g/mol. The Bertz CT molecular complexity index is 588. The van der Waals surface area contributed by atoms with E-state index in [-0.39, 0.29) is 16.6 Å². The van der Waals surface area contributed by atoms with Crippen LogP contribution in [-0.4, -0.2) is 4.98 Å². The van der Waals surface area contributed by atoms with Crippen molar-refractivity contribution in [3.63, 3.8) is 0 Å². The molecule has 0 saturated heterocycles. The maximum Gasteiger partial charge on any atom is 0.123 e. The van der Waals surface area contributed by atoms with Crippen molar-refractivity contribution in [2.24, 2.45) is 0 Å². The van der Waals surface area contributed by atoms with E-state index in [1.165, 1.54) is 11.6 Å². The summed E-state index contributed by atoms with van der Waals surface area (Å²) in [6.45, 7) is 8.88. The fourth-order valence-electron chi connectivity index (χ4n) is 2.63. The smallest absolute Gasteiger partial charge is 0.123 e. The van der Waals surface area contributed by atoms with Gasteiger partial charge in [0, 0.05) is 12.4 Å². The van der Waals surface area contributed by atoms with Gasteiger partial charge in [0.25, 0.3) is 0 Å². The first-order valence-electron chi connectivity index (χ1n) is 7.48. The Morgan fingerprint density at radius 2 is 1.43 bits per heavy atom. The van der Waals surface area contributed by atoms with Crippen molar-refractivity contribution in [1.82, 2.24) is 4.98 Å². The lowest BCUT2D eigenvalue weighted by Gasteiger charge is -2.32. The number of rotatable bonds is 5. The Morgan fingerprint density at radius 3 is 2.00 bits per heavy atom. The Balaban J connectivity index is 2.11. The Labute approximate surface area is 127 Å². The van der Waals surface area contributed by atoms with Gasteiger partial charge >= 0.3 is 0 Å². The van der Waals surface area contributed by atoms with Crippen molar-refractivity contribution in [1.29, 1.82) is 0 Å². The first-order valence-corrected chi connectivity index (χ1v) is 7.48. The van der Waals surface area contributed by atoms with Crippen LogP contribution in [0.1, 0.15) is 51.7 Å². The molecule has 21 heavy (non-hydrogen) atoms. The Hall–Kier alpha value is -1.70. The van der Waals surface area contributed by atoms with E-state index in [2.05, 4.69) is 44.8 Å². The van der Waals surface area contributed by atoms with Crippen molar-refractivity contribution in [2.75, 3.05) is 0 Å². The molecule has 1 aromatic heterocycles. The van der Waals surface area contributed by atoms with Crippen molar-refractivity contribution in [2.45, 2.75) is 51.4 Å². The molecule has 0 amide bonds. The summed E-state index contributed by atoms with van der Waals surface area (Å²) in [7, 11) is 0. The average Bonchev–Trinajstić information content (AvgIpc) is 2.46. The number of aromatic nitrogens is 1. The number of halogens is 1. The molecule has 2 heteroatoms. The minimum Gasteiger partial charge on any atom is -0.265 e. The molecule has 0 aliphatic carbocycles.